The summed E-state index contributed by atoms with van der Waals surface area (Å²) >= 11 is 0. The Morgan fingerprint density at radius 2 is 1.54 bits per heavy atom. The molecule has 2 N–H and O–H groups in total. The summed E-state index contributed by atoms with van der Waals surface area (Å²) in [6.07, 6.45) is 17.5. The molecule has 1 rings (SSSR count). The van der Waals surface area contributed by atoms with Gasteiger partial charge >= 0.3 is 0 Å². The fourth-order valence-electron chi connectivity index (χ4n) is 3.29. The molecule has 0 aliphatic carbocycles. The van der Waals surface area contributed by atoms with Crippen molar-refractivity contribution in [2.45, 2.75) is 109 Å². The van der Waals surface area contributed by atoms with Gasteiger partial charge in [0.15, 0.2) is 0 Å². The molecule has 1 fully saturated rings. The Morgan fingerprint density at radius 1 is 0.958 bits per heavy atom. The van der Waals surface area contributed by atoms with E-state index in [1.165, 1.54) is 57.8 Å². The monoisotopic (exact) mass is 338 g/mol. The van der Waals surface area contributed by atoms with Gasteiger partial charge in [-0.1, -0.05) is 71.1 Å². The molecule has 24 heavy (non-hydrogen) atoms. The van der Waals surface area contributed by atoms with E-state index in [0.717, 1.165) is 38.6 Å². The van der Waals surface area contributed by atoms with Crippen LogP contribution in [-0.4, -0.2) is 24.4 Å². The second-order valence-electron chi connectivity index (χ2n) is 7.19. The SMILES string of the molecule is CCCCCCCCCCCCCC(=O)N[C@H]1CCCCNC1=O. The second kappa shape index (κ2) is 14.3. The van der Waals surface area contributed by atoms with Crippen molar-refractivity contribution < 1.29 is 9.59 Å². The van der Waals surface area contributed by atoms with Crippen LogP contribution in [-0.2, 0) is 9.59 Å². The van der Waals surface area contributed by atoms with Crippen LogP contribution in [0.15, 0.2) is 0 Å². The van der Waals surface area contributed by atoms with Crippen molar-refractivity contribution in [2.24, 2.45) is 0 Å². The maximum Gasteiger partial charge on any atom is 0.242 e. The number of unbranched alkanes of at least 4 members (excludes halogenated alkanes) is 10. The van der Waals surface area contributed by atoms with Crippen LogP contribution in [0.4, 0.5) is 0 Å². The first kappa shape index (κ1) is 21.0. The van der Waals surface area contributed by atoms with Crippen LogP contribution in [0.25, 0.3) is 0 Å². The van der Waals surface area contributed by atoms with Crippen LogP contribution in [0.2, 0.25) is 0 Å². The van der Waals surface area contributed by atoms with E-state index in [0.29, 0.717) is 6.42 Å². The summed E-state index contributed by atoms with van der Waals surface area (Å²) in [5, 5.41) is 5.75. The molecule has 1 saturated heterocycles. The second-order valence-corrected chi connectivity index (χ2v) is 7.19. The molecule has 1 aliphatic heterocycles. The van der Waals surface area contributed by atoms with E-state index in [1.807, 2.05) is 0 Å². The zero-order valence-electron chi connectivity index (χ0n) is 15.7. The lowest BCUT2D eigenvalue weighted by Crippen LogP contribution is -2.45. The first-order valence-corrected chi connectivity index (χ1v) is 10.3. The van der Waals surface area contributed by atoms with Gasteiger partial charge < -0.3 is 10.6 Å². The Morgan fingerprint density at radius 3 is 2.17 bits per heavy atom. The number of amides is 2. The predicted molar refractivity (Wildman–Crippen MR) is 99.9 cm³/mol. The van der Waals surface area contributed by atoms with Gasteiger partial charge in [-0.05, 0) is 25.7 Å². The van der Waals surface area contributed by atoms with Crippen molar-refractivity contribution in [2.75, 3.05) is 6.54 Å². The van der Waals surface area contributed by atoms with Crippen LogP contribution >= 0.6 is 0 Å². The summed E-state index contributed by atoms with van der Waals surface area (Å²) in [5.74, 6) is 0.0211. The normalized spacial score (nSPS) is 18.0. The van der Waals surface area contributed by atoms with Gasteiger partial charge in [0, 0.05) is 13.0 Å². The lowest BCUT2D eigenvalue weighted by Gasteiger charge is -2.15. The van der Waals surface area contributed by atoms with E-state index in [1.54, 1.807) is 0 Å². The molecular weight excluding hydrogens is 300 g/mol. The summed E-state index contributed by atoms with van der Waals surface area (Å²) in [4.78, 5) is 23.7. The van der Waals surface area contributed by atoms with Gasteiger partial charge in [0.2, 0.25) is 11.8 Å². The lowest BCUT2D eigenvalue weighted by molar-refractivity contribution is -0.128. The minimum Gasteiger partial charge on any atom is -0.354 e. The summed E-state index contributed by atoms with van der Waals surface area (Å²) in [6.45, 7) is 3.00. The molecule has 140 valence electrons. The molecule has 1 atom stereocenters. The molecule has 0 aromatic carbocycles. The average Bonchev–Trinajstić information content (AvgIpc) is 2.77. The quantitative estimate of drug-likeness (QED) is 0.487. The third kappa shape index (κ3) is 10.7. The van der Waals surface area contributed by atoms with Gasteiger partial charge in [-0.15, -0.1) is 0 Å². The van der Waals surface area contributed by atoms with Crippen molar-refractivity contribution in [3.63, 3.8) is 0 Å². The van der Waals surface area contributed by atoms with E-state index >= 15 is 0 Å². The predicted octanol–water partition coefficient (Wildman–Crippen LogP) is 4.47. The zero-order valence-corrected chi connectivity index (χ0v) is 15.7. The Balaban J connectivity index is 1.91. The van der Waals surface area contributed by atoms with Gasteiger partial charge in [-0.3, -0.25) is 9.59 Å². The summed E-state index contributed by atoms with van der Waals surface area (Å²) in [5.41, 5.74) is 0. The molecule has 0 radical (unpaired) electrons. The highest BCUT2D eigenvalue weighted by molar-refractivity contribution is 5.87. The molecule has 1 heterocycles. The molecule has 0 saturated carbocycles. The molecule has 0 bridgehead atoms. The number of hydrogen-bond donors (Lipinski definition) is 2. The number of carbonyl (C=O) groups excluding carboxylic acids is 2. The number of rotatable bonds is 13. The third-order valence-electron chi connectivity index (χ3n) is 4.88. The highest BCUT2D eigenvalue weighted by atomic mass is 16.2. The average molecular weight is 339 g/mol. The Bertz CT molecular complexity index is 345. The maximum atomic E-state index is 11.9. The minimum absolute atomic E-state index is 0.0141. The highest BCUT2D eigenvalue weighted by Crippen LogP contribution is 2.12. The van der Waals surface area contributed by atoms with E-state index in [-0.39, 0.29) is 17.9 Å². The summed E-state index contributed by atoms with van der Waals surface area (Å²) in [6, 6.07) is -0.312. The van der Waals surface area contributed by atoms with E-state index in [4.69, 9.17) is 0 Å². The van der Waals surface area contributed by atoms with Gasteiger partial charge in [-0.2, -0.15) is 0 Å². The molecule has 1 aliphatic rings. The van der Waals surface area contributed by atoms with E-state index < -0.39 is 0 Å². The molecule has 2 amide bonds. The smallest absolute Gasteiger partial charge is 0.242 e. The van der Waals surface area contributed by atoms with Crippen LogP contribution < -0.4 is 10.6 Å². The Labute approximate surface area is 148 Å². The molecule has 4 nitrogen and oxygen atoms in total. The Kier molecular flexibility index (Phi) is 12.5. The molecule has 0 aromatic heterocycles. The summed E-state index contributed by atoms with van der Waals surface area (Å²) in [7, 11) is 0. The fraction of sp³-hybridized carbons (Fsp3) is 0.900. The first-order valence-electron chi connectivity index (χ1n) is 10.3. The Hall–Kier alpha value is -1.06. The van der Waals surface area contributed by atoms with Crippen molar-refractivity contribution >= 4 is 11.8 Å². The minimum atomic E-state index is -0.312. The summed E-state index contributed by atoms with van der Waals surface area (Å²) < 4.78 is 0. The number of hydrogen-bond acceptors (Lipinski definition) is 2. The van der Waals surface area contributed by atoms with Crippen LogP contribution in [0.5, 0.6) is 0 Å². The van der Waals surface area contributed by atoms with Gasteiger partial charge in [-0.25, -0.2) is 0 Å². The van der Waals surface area contributed by atoms with Crippen molar-refractivity contribution in [3.8, 4) is 0 Å². The standard InChI is InChI=1S/C20H38N2O2/c1-2-3-4-5-6-7-8-9-10-11-12-16-19(23)22-18-15-13-14-17-21-20(18)24/h18H,2-17H2,1H3,(H,21,24)(H,22,23)/t18-/m0/s1. The zero-order chi connectivity index (χ0) is 17.5. The molecular formula is C20H38N2O2. The lowest BCUT2D eigenvalue weighted by atomic mass is 10.0. The molecule has 4 heteroatoms. The van der Waals surface area contributed by atoms with E-state index in [9.17, 15) is 9.59 Å². The van der Waals surface area contributed by atoms with Crippen LogP contribution in [0.1, 0.15) is 103 Å². The van der Waals surface area contributed by atoms with Crippen LogP contribution in [0.3, 0.4) is 0 Å². The maximum absolute atomic E-state index is 11.9. The van der Waals surface area contributed by atoms with Crippen molar-refractivity contribution in [1.29, 1.82) is 0 Å². The molecule has 0 aromatic rings. The van der Waals surface area contributed by atoms with Gasteiger partial charge in [0.25, 0.3) is 0 Å². The first-order chi connectivity index (χ1) is 11.7. The number of nitrogens with one attached hydrogen (secondary N) is 2. The van der Waals surface area contributed by atoms with Gasteiger partial charge in [0.05, 0.1) is 0 Å². The number of carbonyl (C=O) groups is 2. The van der Waals surface area contributed by atoms with Crippen molar-refractivity contribution in [1.82, 2.24) is 10.6 Å². The highest BCUT2D eigenvalue weighted by Gasteiger charge is 2.21. The topological polar surface area (TPSA) is 58.2 Å². The van der Waals surface area contributed by atoms with E-state index in [2.05, 4.69) is 17.6 Å². The van der Waals surface area contributed by atoms with Gasteiger partial charge in [0.1, 0.15) is 6.04 Å². The van der Waals surface area contributed by atoms with Crippen LogP contribution in [0, 0.1) is 0 Å². The van der Waals surface area contributed by atoms with Crippen molar-refractivity contribution in [3.05, 3.63) is 0 Å². The third-order valence-corrected chi connectivity index (χ3v) is 4.88. The molecule has 0 unspecified atom stereocenters. The largest absolute Gasteiger partial charge is 0.354 e. The molecule has 0 spiro atoms. The fourth-order valence-corrected chi connectivity index (χ4v) is 3.29.